The number of urea groups is 1. The lowest BCUT2D eigenvalue weighted by Gasteiger charge is -2.29. The summed E-state index contributed by atoms with van der Waals surface area (Å²) >= 11 is 4.06. The van der Waals surface area contributed by atoms with Gasteiger partial charge in [-0.3, -0.25) is 4.79 Å². The first-order valence-corrected chi connectivity index (χ1v) is 17.5. The number of nitrogens with zero attached hydrogens (tertiary/aromatic N) is 1. The maximum Gasteiger partial charge on any atom is 0.318 e. The van der Waals surface area contributed by atoms with Crippen LogP contribution in [0.2, 0.25) is 0 Å². The SMILES string of the molecule is O=C(N[C@H](/C=C/S(=O)(=O)c1ccccc1)CCc1ccccc1)[C@H](Cc1cc(I)c(O)c(I)c1)NC(=O)N1CCOCC1. The molecule has 0 saturated carbocycles. The summed E-state index contributed by atoms with van der Waals surface area (Å²) in [6.45, 7) is 1.66. The van der Waals surface area contributed by atoms with E-state index in [4.69, 9.17) is 4.74 Å². The van der Waals surface area contributed by atoms with E-state index in [0.717, 1.165) is 16.5 Å². The number of benzene rings is 3. The van der Waals surface area contributed by atoms with E-state index >= 15 is 0 Å². The van der Waals surface area contributed by atoms with Crippen molar-refractivity contribution in [2.24, 2.45) is 0 Å². The Bertz CT molecular complexity index is 1510. The topological polar surface area (TPSA) is 125 Å². The molecule has 3 amide bonds. The van der Waals surface area contributed by atoms with E-state index in [0.29, 0.717) is 46.3 Å². The maximum atomic E-state index is 13.8. The lowest BCUT2D eigenvalue weighted by molar-refractivity contribution is -0.123. The zero-order valence-electron chi connectivity index (χ0n) is 23.3. The lowest BCUT2D eigenvalue weighted by atomic mass is 10.0. The molecular formula is C31H33I2N3O6S. The van der Waals surface area contributed by atoms with Gasteiger partial charge in [-0.15, -0.1) is 0 Å². The average molecular weight is 829 g/mol. The van der Waals surface area contributed by atoms with Crippen LogP contribution in [-0.4, -0.2) is 68.7 Å². The van der Waals surface area contributed by atoms with Gasteiger partial charge in [0.15, 0.2) is 9.84 Å². The Labute approximate surface area is 279 Å². The Morgan fingerprint density at radius 2 is 1.53 bits per heavy atom. The maximum absolute atomic E-state index is 13.8. The summed E-state index contributed by atoms with van der Waals surface area (Å²) in [6, 6.07) is 19.4. The lowest BCUT2D eigenvalue weighted by Crippen LogP contribution is -2.55. The number of phenols is 1. The van der Waals surface area contributed by atoms with E-state index in [1.807, 2.05) is 75.5 Å². The van der Waals surface area contributed by atoms with E-state index in [1.165, 1.54) is 18.2 Å². The summed E-state index contributed by atoms with van der Waals surface area (Å²) in [5.41, 5.74) is 1.81. The molecule has 0 aliphatic carbocycles. The van der Waals surface area contributed by atoms with E-state index in [9.17, 15) is 23.1 Å². The number of morpholine rings is 1. The Hall–Kier alpha value is -2.69. The monoisotopic (exact) mass is 829 g/mol. The first-order valence-electron chi connectivity index (χ1n) is 13.7. The summed E-state index contributed by atoms with van der Waals surface area (Å²) in [5.74, 6) is -0.284. The molecule has 0 unspecified atom stereocenters. The van der Waals surface area contributed by atoms with Gasteiger partial charge in [0.2, 0.25) is 5.91 Å². The van der Waals surface area contributed by atoms with Crippen LogP contribution in [0.4, 0.5) is 4.79 Å². The minimum Gasteiger partial charge on any atom is -0.506 e. The first kappa shape index (κ1) is 33.2. The third kappa shape index (κ3) is 9.91. The van der Waals surface area contributed by atoms with Gasteiger partial charge >= 0.3 is 6.03 Å². The molecule has 1 saturated heterocycles. The van der Waals surface area contributed by atoms with E-state index in [-0.39, 0.29) is 23.1 Å². The van der Waals surface area contributed by atoms with Crippen LogP contribution in [0.3, 0.4) is 0 Å². The molecule has 228 valence electrons. The first-order chi connectivity index (χ1) is 20.6. The van der Waals surface area contributed by atoms with Crippen molar-refractivity contribution in [3.05, 3.63) is 103 Å². The molecule has 4 rings (SSSR count). The second-order valence-electron chi connectivity index (χ2n) is 10.0. The Morgan fingerprint density at radius 1 is 0.930 bits per heavy atom. The van der Waals surface area contributed by atoms with Crippen LogP contribution < -0.4 is 10.6 Å². The highest BCUT2D eigenvalue weighted by Crippen LogP contribution is 2.28. The number of nitrogens with one attached hydrogen (secondary N) is 2. The summed E-state index contributed by atoms with van der Waals surface area (Å²) in [7, 11) is -3.74. The number of amides is 3. The zero-order valence-corrected chi connectivity index (χ0v) is 28.4. The molecule has 0 bridgehead atoms. The molecule has 3 aromatic carbocycles. The number of carbonyl (C=O) groups is 2. The van der Waals surface area contributed by atoms with Crippen LogP contribution in [0, 0.1) is 7.14 Å². The Kier molecular flexibility index (Phi) is 12.2. The fourth-order valence-electron chi connectivity index (χ4n) is 4.54. The molecule has 12 heteroatoms. The van der Waals surface area contributed by atoms with Crippen molar-refractivity contribution >= 4 is 67.0 Å². The Balaban J connectivity index is 1.58. The smallest absolute Gasteiger partial charge is 0.318 e. The molecule has 1 heterocycles. The quantitative estimate of drug-likeness (QED) is 0.242. The number of rotatable bonds is 11. The van der Waals surface area contributed by atoms with Crippen LogP contribution in [0.1, 0.15) is 17.5 Å². The van der Waals surface area contributed by atoms with Crippen molar-refractivity contribution < 1.29 is 27.9 Å². The van der Waals surface area contributed by atoms with Gasteiger partial charge in [0.1, 0.15) is 11.8 Å². The molecule has 43 heavy (non-hydrogen) atoms. The van der Waals surface area contributed by atoms with Gasteiger partial charge in [-0.1, -0.05) is 54.6 Å². The highest BCUT2D eigenvalue weighted by atomic mass is 127. The number of hydrogen-bond acceptors (Lipinski definition) is 6. The van der Waals surface area contributed by atoms with Gasteiger partial charge < -0.3 is 25.4 Å². The molecule has 0 aromatic heterocycles. The fraction of sp³-hybridized carbons (Fsp3) is 0.290. The van der Waals surface area contributed by atoms with Crippen molar-refractivity contribution in [2.45, 2.75) is 36.2 Å². The largest absolute Gasteiger partial charge is 0.506 e. The number of hydrogen-bond donors (Lipinski definition) is 3. The van der Waals surface area contributed by atoms with Crippen LogP contribution in [0.15, 0.2) is 89.2 Å². The Morgan fingerprint density at radius 3 is 2.16 bits per heavy atom. The zero-order chi connectivity index (χ0) is 30.8. The number of ether oxygens (including phenoxy) is 1. The highest BCUT2D eigenvalue weighted by Gasteiger charge is 2.27. The van der Waals surface area contributed by atoms with Crippen LogP contribution in [0.25, 0.3) is 0 Å². The van der Waals surface area contributed by atoms with Gasteiger partial charge in [0.05, 0.1) is 25.2 Å². The highest BCUT2D eigenvalue weighted by molar-refractivity contribution is 14.1. The molecular weight excluding hydrogens is 796 g/mol. The molecule has 9 nitrogen and oxygen atoms in total. The number of sulfone groups is 1. The minimum absolute atomic E-state index is 0.159. The number of aromatic hydroxyl groups is 1. The second-order valence-corrected chi connectivity index (χ2v) is 14.2. The van der Waals surface area contributed by atoms with Crippen molar-refractivity contribution in [3.8, 4) is 5.75 Å². The van der Waals surface area contributed by atoms with Crippen LogP contribution in [-0.2, 0) is 32.2 Å². The van der Waals surface area contributed by atoms with Gasteiger partial charge in [0, 0.05) is 31.0 Å². The molecule has 3 N–H and O–H groups in total. The van der Waals surface area contributed by atoms with Crippen molar-refractivity contribution in [1.29, 1.82) is 0 Å². The van der Waals surface area contributed by atoms with E-state index in [2.05, 4.69) is 10.6 Å². The molecule has 2 atom stereocenters. The van der Waals surface area contributed by atoms with Crippen molar-refractivity contribution in [2.75, 3.05) is 26.3 Å². The van der Waals surface area contributed by atoms with Crippen LogP contribution in [0.5, 0.6) is 5.75 Å². The molecule has 0 radical (unpaired) electrons. The second kappa shape index (κ2) is 15.9. The molecule has 1 aliphatic heterocycles. The van der Waals surface area contributed by atoms with Gasteiger partial charge in [-0.05, 0) is 93.4 Å². The van der Waals surface area contributed by atoms with E-state index in [1.54, 1.807) is 35.2 Å². The average Bonchev–Trinajstić information content (AvgIpc) is 3.02. The third-order valence-corrected chi connectivity index (χ3v) is 9.99. The fourth-order valence-corrected chi connectivity index (χ4v) is 7.53. The molecule has 1 aliphatic rings. The van der Waals surface area contributed by atoms with Gasteiger partial charge in [-0.25, -0.2) is 13.2 Å². The van der Waals surface area contributed by atoms with Gasteiger partial charge in [-0.2, -0.15) is 0 Å². The summed E-state index contributed by atoms with van der Waals surface area (Å²) in [4.78, 5) is 28.7. The van der Waals surface area contributed by atoms with Crippen molar-refractivity contribution in [1.82, 2.24) is 15.5 Å². The number of halogens is 2. The molecule has 3 aromatic rings. The number of aryl methyl sites for hydroxylation is 1. The minimum atomic E-state index is -3.74. The summed E-state index contributed by atoms with van der Waals surface area (Å²) < 4.78 is 32.6. The predicted octanol–water partition coefficient (Wildman–Crippen LogP) is 4.66. The van der Waals surface area contributed by atoms with E-state index < -0.39 is 27.8 Å². The third-order valence-electron chi connectivity index (χ3n) is 6.91. The number of carbonyl (C=O) groups excluding carboxylic acids is 2. The molecule has 0 spiro atoms. The predicted molar refractivity (Wildman–Crippen MR) is 181 cm³/mol. The standard InChI is InChI=1S/C31H33I2N3O6S/c32-26-19-23(20-27(33)29(26)37)21-28(35-31(39)36-14-16-42-17-15-36)30(38)34-24(12-11-22-7-3-1-4-8-22)13-18-43(40,41)25-9-5-2-6-10-25/h1-10,13,18-20,24,28,37H,11-12,14-17,21H2,(H,34,38)(H,35,39)/b18-13+/t24-,28-/m0/s1. The summed E-state index contributed by atoms with van der Waals surface area (Å²) in [5, 5.41) is 17.2. The normalized spacial score (nSPS) is 15.2. The molecule has 1 fully saturated rings. The van der Waals surface area contributed by atoms with Crippen molar-refractivity contribution in [3.63, 3.8) is 0 Å². The summed E-state index contributed by atoms with van der Waals surface area (Å²) in [6.07, 6.45) is 2.71. The number of phenolic OH excluding ortho intramolecular Hbond substituents is 1. The van der Waals surface area contributed by atoms with Crippen LogP contribution >= 0.6 is 45.2 Å². The van der Waals surface area contributed by atoms with Gasteiger partial charge in [0.25, 0.3) is 0 Å².